The van der Waals surface area contributed by atoms with Gasteiger partial charge in [-0.1, -0.05) is 42.0 Å². The summed E-state index contributed by atoms with van der Waals surface area (Å²) in [6.45, 7) is 1.85. The number of hydrogen-bond donors (Lipinski definition) is 1. The number of benzene rings is 1. The monoisotopic (exact) mass is 307 g/mol. The molecular formula is C15H17NO4S. The van der Waals surface area contributed by atoms with Crippen molar-refractivity contribution in [3.8, 4) is 0 Å². The van der Waals surface area contributed by atoms with Crippen molar-refractivity contribution < 1.29 is 18.3 Å². The normalized spacial score (nSPS) is 21.7. The summed E-state index contributed by atoms with van der Waals surface area (Å²) in [6.07, 6.45) is 6.41. The Hall–Kier alpha value is -1.92. The minimum atomic E-state index is -3.89. The Bertz CT molecular complexity index is 704. The quantitative estimate of drug-likeness (QED) is 0.922. The first-order valence-electron chi connectivity index (χ1n) is 6.44. The SMILES string of the molecule is Cc1ccc(S(=O)(=O)N(C)C2(C(=O)O)C=CC=CC2)cc1. The molecule has 1 aliphatic carbocycles. The van der Waals surface area contributed by atoms with E-state index in [0.717, 1.165) is 9.87 Å². The van der Waals surface area contributed by atoms with Crippen LogP contribution in [0.3, 0.4) is 0 Å². The summed E-state index contributed by atoms with van der Waals surface area (Å²) in [5.41, 5.74) is -0.650. The molecule has 0 aliphatic heterocycles. The molecular weight excluding hydrogens is 290 g/mol. The van der Waals surface area contributed by atoms with Crippen LogP contribution < -0.4 is 0 Å². The second-order valence-electron chi connectivity index (χ2n) is 5.01. The Balaban J connectivity index is 2.48. The first-order valence-corrected chi connectivity index (χ1v) is 7.88. The molecule has 0 aromatic heterocycles. The summed E-state index contributed by atoms with van der Waals surface area (Å²) in [6, 6.07) is 6.34. The Morgan fingerprint density at radius 2 is 1.86 bits per heavy atom. The molecule has 1 unspecified atom stereocenters. The van der Waals surface area contributed by atoms with Gasteiger partial charge in [0.2, 0.25) is 10.0 Å². The van der Waals surface area contributed by atoms with Gasteiger partial charge in [0.25, 0.3) is 0 Å². The van der Waals surface area contributed by atoms with Crippen LogP contribution >= 0.6 is 0 Å². The van der Waals surface area contributed by atoms with Crippen LogP contribution in [0, 0.1) is 6.92 Å². The molecule has 0 spiro atoms. The van der Waals surface area contributed by atoms with Crippen molar-refractivity contribution in [1.82, 2.24) is 4.31 Å². The zero-order chi connectivity index (χ0) is 15.7. The van der Waals surface area contributed by atoms with Crippen LogP contribution in [0.4, 0.5) is 0 Å². The van der Waals surface area contributed by atoms with E-state index in [0.29, 0.717) is 0 Å². The van der Waals surface area contributed by atoms with Crippen molar-refractivity contribution in [3.05, 3.63) is 54.1 Å². The summed E-state index contributed by atoms with van der Waals surface area (Å²) in [5, 5.41) is 9.52. The number of aliphatic carboxylic acids is 1. The van der Waals surface area contributed by atoms with Crippen molar-refractivity contribution in [3.63, 3.8) is 0 Å². The number of rotatable bonds is 4. The summed E-state index contributed by atoms with van der Waals surface area (Å²) < 4.78 is 26.2. The van der Waals surface area contributed by atoms with Crippen LogP contribution in [0.25, 0.3) is 0 Å². The lowest BCUT2D eigenvalue weighted by Gasteiger charge is -2.35. The molecule has 1 aromatic rings. The molecule has 0 amide bonds. The third-order valence-electron chi connectivity index (χ3n) is 3.66. The fourth-order valence-electron chi connectivity index (χ4n) is 2.22. The Morgan fingerprint density at radius 1 is 1.24 bits per heavy atom. The molecule has 1 aromatic carbocycles. The van der Waals surface area contributed by atoms with E-state index < -0.39 is 21.5 Å². The molecule has 2 rings (SSSR count). The predicted molar refractivity (Wildman–Crippen MR) is 79.4 cm³/mol. The van der Waals surface area contributed by atoms with Crippen molar-refractivity contribution >= 4 is 16.0 Å². The lowest BCUT2D eigenvalue weighted by Crippen LogP contribution is -2.54. The second kappa shape index (κ2) is 5.46. The molecule has 1 atom stereocenters. The minimum Gasteiger partial charge on any atom is -0.480 e. The maximum atomic E-state index is 12.7. The van der Waals surface area contributed by atoms with Crippen LogP contribution in [0.5, 0.6) is 0 Å². The van der Waals surface area contributed by atoms with Gasteiger partial charge in [-0.3, -0.25) is 0 Å². The van der Waals surface area contributed by atoms with Gasteiger partial charge in [-0.05, 0) is 25.5 Å². The number of hydrogen-bond acceptors (Lipinski definition) is 3. The Kier molecular flexibility index (Phi) is 4.02. The van der Waals surface area contributed by atoms with E-state index in [2.05, 4.69) is 0 Å². The Labute approximate surface area is 124 Å². The number of allylic oxidation sites excluding steroid dienone is 2. The Morgan fingerprint density at radius 3 is 2.33 bits per heavy atom. The van der Waals surface area contributed by atoms with E-state index >= 15 is 0 Å². The van der Waals surface area contributed by atoms with E-state index in [-0.39, 0.29) is 11.3 Å². The highest BCUT2D eigenvalue weighted by atomic mass is 32.2. The minimum absolute atomic E-state index is 0.0826. The van der Waals surface area contributed by atoms with Gasteiger partial charge in [-0.15, -0.1) is 0 Å². The van der Waals surface area contributed by atoms with Gasteiger partial charge in [-0.25, -0.2) is 13.2 Å². The number of carboxylic acids is 1. The summed E-state index contributed by atoms with van der Waals surface area (Å²) >= 11 is 0. The average molecular weight is 307 g/mol. The smallest absolute Gasteiger partial charge is 0.329 e. The predicted octanol–water partition coefficient (Wildman–Crippen LogP) is 1.96. The van der Waals surface area contributed by atoms with E-state index in [9.17, 15) is 18.3 Å². The molecule has 1 aliphatic rings. The average Bonchev–Trinajstić information content (AvgIpc) is 2.47. The molecule has 0 fully saturated rings. The fourth-order valence-corrected chi connectivity index (χ4v) is 3.66. The molecule has 5 nitrogen and oxygen atoms in total. The highest BCUT2D eigenvalue weighted by molar-refractivity contribution is 7.89. The van der Waals surface area contributed by atoms with Crippen molar-refractivity contribution in [2.24, 2.45) is 0 Å². The van der Waals surface area contributed by atoms with E-state index in [1.165, 1.54) is 25.3 Å². The van der Waals surface area contributed by atoms with Gasteiger partial charge in [0.05, 0.1) is 4.90 Å². The van der Waals surface area contributed by atoms with E-state index in [1.807, 2.05) is 6.92 Å². The third-order valence-corrected chi connectivity index (χ3v) is 5.57. The lowest BCUT2D eigenvalue weighted by molar-refractivity contribution is -0.145. The standard InChI is InChI=1S/C15H17NO4S/c1-12-6-8-13(9-7-12)21(19,20)16(2)15(14(17)18)10-4-3-5-11-15/h3-10H,11H2,1-2H3,(H,17,18). The number of likely N-dealkylation sites (N-methyl/N-ethyl adjacent to an activating group) is 1. The highest BCUT2D eigenvalue weighted by Gasteiger charge is 2.46. The number of carboxylic acid groups (broad SMARTS) is 1. The summed E-state index contributed by atoms with van der Waals surface area (Å²) in [7, 11) is -2.59. The van der Waals surface area contributed by atoms with Crippen LogP contribution in [-0.2, 0) is 14.8 Å². The molecule has 112 valence electrons. The van der Waals surface area contributed by atoms with Gasteiger partial charge < -0.3 is 5.11 Å². The molecule has 0 saturated heterocycles. The van der Waals surface area contributed by atoms with E-state index in [1.54, 1.807) is 30.4 Å². The lowest BCUT2D eigenvalue weighted by atomic mass is 9.92. The maximum absolute atomic E-state index is 12.7. The fraction of sp³-hybridized carbons (Fsp3) is 0.267. The highest BCUT2D eigenvalue weighted by Crippen LogP contribution is 2.30. The van der Waals surface area contributed by atoms with Gasteiger partial charge in [0.1, 0.15) is 0 Å². The number of aryl methyl sites for hydroxylation is 1. The molecule has 0 radical (unpaired) electrons. The second-order valence-corrected chi connectivity index (χ2v) is 6.98. The van der Waals surface area contributed by atoms with Crippen LogP contribution in [0.15, 0.2) is 53.5 Å². The zero-order valence-corrected chi connectivity index (χ0v) is 12.7. The van der Waals surface area contributed by atoms with Crippen molar-refractivity contribution in [1.29, 1.82) is 0 Å². The van der Waals surface area contributed by atoms with Gasteiger partial charge in [0, 0.05) is 7.05 Å². The number of carbonyl (C=O) groups is 1. The molecule has 6 heteroatoms. The third kappa shape index (κ3) is 2.64. The number of nitrogens with zero attached hydrogens (tertiary/aromatic N) is 1. The van der Waals surface area contributed by atoms with Gasteiger partial charge in [0.15, 0.2) is 5.54 Å². The first kappa shape index (κ1) is 15.5. The van der Waals surface area contributed by atoms with Crippen molar-refractivity contribution in [2.75, 3.05) is 7.05 Å². The molecule has 21 heavy (non-hydrogen) atoms. The zero-order valence-electron chi connectivity index (χ0n) is 11.9. The molecule has 0 saturated carbocycles. The first-order chi connectivity index (χ1) is 9.80. The van der Waals surface area contributed by atoms with Crippen LogP contribution in [-0.4, -0.2) is 36.4 Å². The van der Waals surface area contributed by atoms with E-state index in [4.69, 9.17) is 0 Å². The van der Waals surface area contributed by atoms with Gasteiger partial charge >= 0.3 is 5.97 Å². The largest absolute Gasteiger partial charge is 0.480 e. The van der Waals surface area contributed by atoms with Crippen LogP contribution in [0.2, 0.25) is 0 Å². The summed E-state index contributed by atoms with van der Waals surface area (Å²) in [5.74, 6) is -1.19. The van der Waals surface area contributed by atoms with Gasteiger partial charge in [-0.2, -0.15) is 4.31 Å². The molecule has 1 N–H and O–H groups in total. The topological polar surface area (TPSA) is 74.7 Å². The summed E-state index contributed by atoms with van der Waals surface area (Å²) in [4.78, 5) is 11.7. The molecule has 0 heterocycles. The molecule has 0 bridgehead atoms. The number of sulfonamides is 1. The van der Waals surface area contributed by atoms with Crippen LogP contribution in [0.1, 0.15) is 12.0 Å². The van der Waals surface area contributed by atoms with Crippen molar-refractivity contribution in [2.45, 2.75) is 23.8 Å². The maximum Gasteiger partial charge on any atom is 0.329 e.